The molecule has 1 nitrogen and oxygen atoms in total. The lowest BCUT2D eigenvalue weighted by molar-refractivity contribution is -0.119. The molecule has 14 heavy (non-hydrogen) atoms. The number of unbranched alkanes of at least 4 members (excludes halogenated alkanes) is 1. The van der Waals surface area contributed by atoms with E-state index in [-0.39, 0.29) is 0 Å². The first-order valence-corrected chi connectivity index (χ1v) is 6.22. The molecular formula is C13H28O. The molecule has 0 radical (unpaired) electrons. The Balaban J connectivity index is 0. The van der Waals surface area contributed by atoms with Crippen molar-refractivity contribution in [1.82, 2.24) is 0 Å². The van der Waals surface area contributed by atoms with E-state index in [2.05, 4.69) is 20.8 Å². The fourth-order valence-corrected chi connectivity index (χ4v) is 1.42. The fourth-order valence-electron chi connectivity index (χ4n) is 1.42. The van der Waals surface area contributed by atoms with Crippen molar-refractivity contribution < 1.29 is 4.79 Å². The molecule has 0 aromatic rings. The van der Waals surface area contributed by atoms with Crippen LogP contribution in [0.5, 0.6) is 0 Å². The van der Waals surface area contributed by atoms with Gasteiger partial charge in [0.15, 0.2) is 0 Å². The van der Waals surface area contributed by atoms with Gasteiger partial charge in [-0.3, -0.25) is 4.79 Å². The molecule has 1 unspecified atom stereocenters. The molecule has 0 bridgehead atoms. The predicted molar refractivity (Wildman–Crippen MR) is 64.6 cm³/mol. The molecule has 1 atom stereocenters. The number of hydrogen-bond acceptors (Lipinski definition) is 1. The van der Waals surface area contributed by atoms with Gasteiger partial charge in [0.1, 0.15) is 5.78 Å². The van der Waals surface area contributed by atoms with Crippen LogP contribution in [0.25, 0.3) is 0 Å². The van der Waals surface area contributed by atoms with Crippen LogP contribution in [0.1, 0.15) is 73.1 Å². The summed E-state index contributed by atoms with van der Waals surface area (Å²) in [6.07, 6.45) is 6.29. The maximum atomic E-state index is 11.2. The van der Waals surface area contributed by atoms with E-state index in [1.165, 1.54) is 19.3 Å². The van der Waals surface area contributed by atoms with Gasteiger partial charge in [-0.15, -0.1) is 0 Å². The van der Waals surface area contributed by atoms with E-state index in [1.807, 2.05) is 13.8 Å². The summed E-state index contributed by atoms with van der Waals surface area (Å²) in [5.41, 5.74) is 0. The highest BCUT2D eigenvalue weighted by atomic mass is 16.1. The lowest BCUT2D eigenvalue weighted by atomic mass is 9.97. The van der Waals surface area contributed by atoms with Crippen molar-refractivity contribution in [3.8, 4) is 0 Å². The van der Waals surface area contributed by atoms with Crippen LogP contribution < -0.4 is 0 Å². The summed E-state index contributed by atoms with van der Waals surface area (Å²) < 4.78 is 0. The van der Waals surface area contributed by atoms with Crippen molar-refractivity contribution >= 4 is 5.78 Å². The Morgan fingerprint density at radius 2 is 1.71 bits per heavy atom. The van der Waals surface area contributed by atoms with Crippen molar-refractivity contribution in [2.45, 2.75) is 73.1 Å². The zero-order chi connectivity index (χ0) is 11.4. The third kappa shape index (κ3) is 11.7. The molecule has 0 saturated heterocycles. The number of rotatable bonds is 7. The van der Waals surface area contributed by atoms with E-state index in [1.54, 1.807) is 0 Å². The summed E-state index contributed by atoms with van der Waals surface area (Å²) in [6, 6.07) is 0. The van der Waals surface area contributed by atoms with Gasteiger partial charge in [-0.25, -0.2) is 0 Å². The Labute approximate surface area is 90.3 Å². The minimum absolute atomic E-state index is 0.445. The second-order valence-electron chi connectivity index (χ2n) is 3.74. The smallest absolute Gasteiger partial charge is 0.133 e. The molecule has 1 heteroatoms. The standard InChI is InChI=1S/C11H22O.C2H6/c1-4-6-8-10(3)9-11(12)7-5-2;1-2/h10H,4-9H2,1-3H3;1-2H3. The zero-order valence-corrected chi connectivity index (χ0v) is 10.7. The Morgan fingerprint density at radius 3 is 2.14 bits per heavy atom. The molecule has 0 aliphatic rings. The van der Waals surface area contributed by atoms with Crippen LogP contribution in [-0.2, 0) is 4.79 Å². The van der Waals surface area contributed by atoms with Gasteiger partial charge in [-0.05, 0) is 12.3 Å². The average molecular weight is 200 g/mol. The number of carbonyl (C=O) groups is 1. The van der Waals surface area contributed by atoms with E-state index in [9.17, 15) is 4.79 Å². The van der Waals surface area contributed by atoms with Crippen LogP contribution in [0.2, 0.25) is 0 Å². The van der Waals surface area contributed by atoms with Crippen molar-refractivity contribution in [1.29, 1.82) is 0 Å². The number of Topliss-reactive ketones (excluding diaryl/α,β-unsaturated/α-hetero) is 1. The monoisotopic (exact) mass is 200 g/mol. The summed E-state index contributed by atoms with van der Waals surface area (Å²) in [5.74, 6) is 1.05. The van der Waals surface area contributed by atoms with Gasteiger partial charge < -0.3 is 0 Å². The second-order valence-corrected chi connectivity index (χ2v) is 3.74. The van der Waals surface area contributed by atoms with Crippen LogP contribution in [0.4, 0.5) is 0 Å². The second kappa shape index (κ2) is 12.7. The van der Waals surface area contributed by atoms with Crippen LogP contribution in [0.15, 0.2) is 0 Å². The SMILES string of the molecule is CC.CCCCC(C)CC(=O)CCC. The van der Waals surface area contributed by atoms with E-state index in [4.69, 9.17) is 0 Å². The topological polar surface area (TPSA) is 17.1 Å². The molecule has 0 rings (SSSR count). The Morgan fingerprint density at radius 1 is 1.14 bits per heavy atom. The first kappa shape index (κ1) is 16.1. The highest BCUT2D eigenvalue weighted by Crippen LogP contribution is 2.13. The summed E-state index contributed by atoms with van der Waals surface area (Å²) in [4.78, 5) is 11.2. The van der Waals surface area contributed by atoms with Gasteiger partial charge in [0.25, 0.3) is 0 Å². The van der Waals surface area contributed by atoms with E-state index in [0.29, 0.717) is 11.7 Å². The largest absolute Gasteiger partial charge is 0.300 e. The van der Waals surface area contributed by atoms with Gasteiger partial charge in [0, 0.05) is 12.8 Å². The predicted octanol–water partition coefficient (Wildman–Crippen LogP) is 4.60. The molecular weight excluding hydrogens is 172 g/mol. The summed E-state index contributed by atoms with van der Waals surface area (Å²) in [7, 11) is 0. The molecule has 0 aliphatic heterocycles. The van der Waals surface area contributed by atoms with Crippen LogP contribution in [0.3, 0.4) is 0 Å². The van der Waals surface area contributed by atoms with Gasteiger partial charge in [0.05, 0.1) is 0 Å². The highest BCUT2D eigenvalue weighted by molar-refractivity contribution is 5.78. The molecule has 0 heterocycles. The lowest BCUT2D eigenvalue weighted by Gasteiger charge is -2.08. The normalized spacial score (nSPS) is 11.5. The zero-order valence-electron chi connectivity index (χ0n) is 10.7. The van der Waals surface area contributed by atoms with Crippen molar-refractivity contribution in [2.75, 3.05) is 0 Å². The van der Waals surface area contributed by atoms with Crippen molar-refractivity contribution in [3.63, 3.8) is 0 Å². The van der Waals surface area contributed by atoms with Gasteiger partial charge >= 0.3 is 0 Å². The van der Waals surface area contributed by atoms with E-state index >= 15 is 0 Å². The molecule has 0 amide bonds. The molecule has 0 aliphatic carbocycles. The average Bonchev–Trinajstić information content (AvgIpc) is 2.18. The minimum atomic E-state index is 0.445. The molecule has 0 spiro atoms. The van der Waals surface area contributed by atoms with Gasteiger partial charge in [-0.1, -0.05) is 53.9 Å². The molecule has 0 N–H and O–H groups in total. The van der Waals surface area contributed by atoms with Crippen molar-refractivity contribution in [2.24, 2.45) is 5.92 Å². The van der Waals surface area contributed by atoms with Crippen LogP contribution >= 0.6 is 0 Å². The molecule has 0 aromatic carbocycles. The van der Waals surface area contributed by atoms with Crippen LogP contribution in [-0.4, -0.2) is 5.78 Å². The molecule has 0 saturated carbocycles. The lowest BCUT2D eigenvalue weighted by Crippen LogP contribution is -2.04. The van der Waals surface area contributed by atoms with Crippen LogP contribution in [0, 0.1) is 5.92 Å². The summed E-state index contributed by atoms with van der Waals surface area (Å²) in [6.45, 7) is 10.4. The molecule has 0 aromatic heterocycles. The maximum Gasteiger partial charge on any atom is 0.133 e. The minimum Gasteiger partial charge on any atom is -0.300 e. The summed E-state index contributed by atoms with van der Waals surface area (Å²) in [5, 5.41) is 0. The number of ketones is 1. The van der Waals surface area contributed by atoms with E-state index < -0.39 is 0 Å². The van der Waals surface area contributed by atoms with Crippen molar-refractivity contribution in [3.05, 3.63) is 0 Å². The third-order valence-electron chi connectivity index (χ3n) is 2.16. The third-order valence-corrected chi connectivity index (χ3v) is 2.16. The Hall–Kier alpha value is -0.330. The number of hydrogen-bond donors (Lipinski definition) is 0. The van der Waals surface area contributed by atoms with Gasteiger partial charge in [0.2, 0.25) is 0 Å². The highest BCUT2D eigenvalue weighted by Gasteiger charge is 2.07. The first-order chi connectivity index (χ1) is 6.70. The molecule has 86 valence electrons. The van der Waals surface area contributed by atoms with E-state index in [0.717, 1.165) is 19.3 Å². The Bertz CT molecular complexity index is 118. The fraction of sp³-hybridized carbons (Fsp3) is 0.923. The quantitative estimate of drug-likeness (QED) is 0.587. The number of carbonyl (C=O) groups excluding carboxylic acids is 1. The first-order valence-electron chi connectivity index (χ1n) is 6.22. The summed E-state index contributed by atoms with van der Waals surface area (Å²) >= 11 is 0. The molecule has 0 fully saturated rings. The van der Waals surface area contributed by atoms with Gasteiger partial charge in [-0.2, -0.15) is 0 Å². The maximum absolute atomic E-state index is 11.2. The Kier molecular flexibility index (Phi) is 14.6.